The molecule has 0 radical (unpaired) electrons. The van der Waals surface area contributed by atoms with E-state index in [1.807, 2.05) is 36.6 Å². The van der Waals surface area contributed by atoms with Crippen molar-refractivity contribution in [3.05, 3.63) is 46.5 Å². The zero-order valence-corrected chi connectivity index (χ0v) is 13.5. The molecule has 1 heterocycles. The number of amides is 2. The number of nitriles is 1. The molecule has 0 atom stereocenters. The molecule has 0 bridgehead atoms. The van der Waals surface area contributed by atoms with E-state index >= 15 is 0 Å². The molecule has 0 fully saturated rings. The second-order valence-corrected chi connectivity index (χ2v) is 5.68. The number of thioether (sulfide) groups is 1. The lowest BCUT2D eigenvalue weighted by Crippen LogP contribution is -2.42. The maximum absolute atomic E-state index is 12.5. The molecule has 0 N–H and O–H groups in total. The second kappa shape index (κ2) is 6.63. The van der Waals surface area contributed by atoms with Gasteiger partial charge >= 0.3 is 0 Å². The highest BCUT2D eigenvalue weighted by Gasteiger charge is 2.34. The van der Waals surface area contributed by atoms with Crippen molar-refractivity contribution in [3.63, 3.8) is 0 Å². The Morgan fingerprint density at radius 1 is 1.23 bits per heavy atom. The number of carbonyl (C=O) groups is 2. The molecule has 1 aromatic rings. The highest BCUT2D eigenvalue weighted by Crippen LogP contribution is 2.27. The topological polar surface area (TPSA) is 61.2 Å². The van der Waals surface area contributed by atoms with Crippen LogP contribution in [0.4, 0.5) is 0 Å². The first-order chi connectivity index (χ1) is 10.5. The first kappa shape index (κ1) is 16.1. The van der Waals surface area contributed by atoms with Gasteiger partial charge in [-0.15, -0.1) is 11.8 Å². The number of likely N-dealkylation sites (N-methyl/N-ethyl adjacent to an activating group) is 1. The van der Waals surface area contributed by atoms with Crippen LogP contribution in [0.3, 0.4) is 0 Å². The second-order valence-electron chi connectivity index (χ2n) is 4.80. The molecular formula is C17H16N2O2S. The Kier molecular flexibility index (Phi) is 4.84. The van der Waals surface area contributed by atoms with E-state index in [0.717, 1.165) is 15.4 Å². The van der Waals surface area contributed by atoms with Crippen LogP contribution in [0.25, 0.3) is 6.08 Å². The number of carbonyl (C=O) groups excluding carboxylic acids is 2. The summed E-state index contributed by atoms with van der Waals surface area (Å²) in [5.74, 6) is -0.861. The number of rotatable bonds is 3. The summed E-state index contributed by atoms with van der Waals surface area (Å²) in [6.07, 6.45) is 3.73. The van der Waals surface area contributed by atoms with Crippen LogP contribution in [-0.2, 0) is 9.59 Å². The molecular weight excluding hydrogens is 296 g/mol. The Balaban J connectivity index is 2.53. The van der Waals surface area contributed by atoms with Gasteiger partial charge in [0, 0.05) is 17.0 Å². The van der Waals surface area contributed by atoms with Gasteiger partial charge in [-0.1, -0.05) is 12.1 Å². The average molecular weight is 312 g/mol. The van der Waals surface area contributed by atoms with Gasteiger partial charge in [0.25, 0.3) is 11.8 Å². The van der Waals surface area contributed by atoms with Gasteiger partial charge in [0.05, 0.1) is 0 Å². The molecule has 1 aliphatic heterocycles. The average Bonchev–Trinajstić information content (AvgIpc) is 2.53. The third-order valence-corrected chi connectivity index (χ3v) is 4.31. The molecule has 5 heteroatoms. The van der Waals surface area contributed by atoms with Crippen molar-refractivity contribution in [2.75, 3.05) is 12.8 Å². The fourth-order valence-corrected chi connectivity index (χ4v) is 2.69. The van der Waals surface area contributed by atoms with E-state index in [-0.39, 0.29) is 18.0 Å². The summed E-state index contributed by atoms with van der Waals surface area (Å²) in [5, 5.41) is 9.19. The summed E-state index contributed by atoms with van der Waals surface area (Å²) in [6, 6.07) is 9.68. The minimum absolute atomic E-state index is 0.0356. The SMILES string of the molecule is CCN1C(=O)C(C#N)=C(C)/C(=C\c2ccc(SC)cc2)C1=O. The minimum atomic E-state index is -0.512. The first-order valence-corrected chi connectivity index (χ1v) is 8.09. The van der Waals surface area contributed by atoms with Crippen molar-refractivity contribution >= 4 is 29.7 Å². The van der Waals surface area contributed by atoms with Crippen LogP contribution in [0.2, 0.25) is 0 Å². The number of hydrogen-bond acceptors (Lipinski definition) is 4. The number of hydrogen-bond donors (Lipinski definition) is 0. The molecule has 0 aliphatic carbocycles. The molecule has 1 aliphatic rings. The van der Waals surface area contributed by atoms with Crippen LogP contribution in [0.1, 0.15) is 19.4 Å². The minimum Gasteiger partial charge on any atom is -0.274 e. The van der Waals surface area contributed by atoms with Crippen molar-refractivity contribution in [1.29, 1.82) is 5.26 Å². The van der Waals surface area contributed by atoms with E-state index in [9.17, 15) is 14.9 Å². The van der Waals surface area contributed by atoms with Crippen LogP contribution < -0.4 is 0 Å². The molecule has 22 heavy (non-hydrogen) atoms. The van der Waals surface area contributed by atoms with E-state index in [0.29, 0.717) is 11.1 Å². The van der Waals surface area contributed by atoms with Crippen molar-refractivity contribution in [2.24, 2.45) is 0 Å². The fourth-order valence-electron chi connectivity index (χ4n) is 2.28. The maximum Gasteiger partial charge on any atom is 0.271 e. The van der Waals surface area contributed by atoms with Crippen molar-refractivity contribution in [3.8, 4) is 6.07 Å². The van der Waals surface area contributed by atoms with Gasteiger partial charge in [-0.05, 0) is 49.4 Å². The number of imide groups is 1. The predicted molar refractivity (Wildman–Crippen MR) is 86.9 cm³/mol. The normalized spacial score (nSPS) is 17.2. The Labute approximate surface area is 134 Å². The van der Waals surface area contributed by atoms with E-state index in [4.69, 9.17) is 0 Å². The standard InChI is InChI=1S/C17H16N2O2S/c1-4-19-16(20)14(11(2)15(10-18)17(19)21)9-12-5-7-13(22-3)8-6-12/h5-9H,4H2,1-3H3/b14-9+. The molecule has 1 aromatic carbocycles. The Bertz CT molecular complexity index is 724. The van der Waals surface area contributed by atoms with Crippen molar-refractivity contribution in [1.82, 2.24) is 4.90 Å². The highest BCUT2D eigenvalue weighted by atomic mass is 32.2. The first-order valence-electron chi connectivity index (χ1n) is 6.86. The number of nitrogens with zero attached hydrogens (tertiary/aromatic N) is 2. The highest BCUT2D eigenvalue weighted by molar-refractivity contribution is 7.98. The zero-order chi connectivity index (χ0) is 16.3. The third-order valence-electron chi connectivity index (χ3n) is 3.57. The molecule has 0 aromatic heterocycles. The molecule has 2 rings (SSSR count). The predicted octanol–water partition coefficient (Wildman–Crippen LogP) is 3.02. The van der Waals surface area contributed by atoms with Crippen molar-refractivity contribution in [2.45, 2.75) is 18.7 Å². The molecule has 0 saturated heterocycles. The Morgan fingerprint density at radius 2 is 1.86 bits per heavy atom. The lowest BCUT2D eigenvalue weighted by molar-refractivity contribution is -0.140. The van der Waals surface area contributed by atoms with E-state index in [2.05, 4.69) is 0 Å². The zero-order valence-electron chi connectivity index (χ0n) is 12.7. The third kappa shape index (κ3) is 2.83. The lowest BCUT2D eigenvalue weighted by Gasteiger charge is -2.26. The summed E-state index contributed by atoms with van der Waals surface area (Å²) in [6.45, 7) is 3.61. The molecule has 112 valence electrons. The maximum atomic E-state index is 12.5. The Morgan fingerprint density at radius 3 is 2.36 bits per heavy atom. The summed E-state index contributed by atoms with van der Waals surface area (Å²) in [5.41, 5.74) is 1.74. The summed E-state index contributed by atoms with van der Waals surface area (Å²) >= 11 is 1.64. The smallest absolute Gasteiger partial charge is 0.271 e. The van der Waals surface area contributed by atoms with Crippen LogP contribution in [0.15, 0.2) is 45.9 Å². The largest absolute Gasteiger partial charge is 0.274 e. The quantitative estimate of drug-likeness (QED) is 0.489. The Hall–Kier alpha value is -2.32. The monoisotopic (exact) mass is 312 g/mol. The van der Waals surface area contributed by atoms with E-state index in [1.165, 1.54) is 0 Å². The molecule has 4 nitrogen and oxygen atoms in total. The van der Waals surface area contributed by atoms with E-state index < -0.39 is 5.91 Å². The molecule has 0 spiro atoms. The van der Waals surface area contributed by atoms with Crippen LogP contribution in [0.5, 0.6) is 0 Å². The molecule has 2 amide bonds. The van der Waals surface area contributed by atoms with Gasteiger partial charge in [0.15, 0.2) is 0 Å². The van der Waals surface area contributed by atoms with Crippen LogP contribution in [0, 0.1) is 11.3 Å². The van der Waals surface area contributed by atoms with Crippen molar-refractivity contribution < 1.29 is 9.59 Å². The summed E-state index contributed by atoms with van der Waals surface area (Å²) in [7, 11) is 0. The van der Waals surface area contributed by atoms with Gasteiger partial charge in [-0.25, -0.2) is 0 Å². The van der Waals surface area contributed by atoms with Gasteiger partial charge in [0.1, 0.15) is 11.6 Å². The van der Waals surface area contributed by atoms with Crippen LogP contribution in [-0.4, -0.2) is 29.5 Å². The van der Waals surface area contributed by atoms with Gasteiger partial charge in [0.2, 0.25) is 0 Å². The van der Waals surface area contributed by atoms with Gasteiger partial charge in [-0.2, -0.15) is 5.26 Å². The van der Waals surface area contributed by atoms with Gasteiger partial charge < -0.3 is 0 Å². The summed E-state index contributed by atoms with van der Waals surface area (Å²) < 4.78 is 0. The molecule has 0 unspecified atom stereocenters. The van der Waals surface area contributed by atoms with E-state index in [1.54, 1.807) is 31.7 Å². The van der Waals surface area contributed by atoms with Crippen LogP contribution >= 0.6 is 11.8 Å². The number of benzene rings is 1. The summed E-state index contributed by atoms with van der Waals surface area (Å²) in [4.78, 5) is 26.8. The molecule has 0 saturated carbocycles. The lowest BCUT2D eigenvalue weighted by atomic mass is 9.94. The fraction of sp³-hybridized carbons (Fsp3) is 0.235. The van der Waals surface area contributed by atoms with Gasteiger partial charge in [-0.3, -0.25) is 14.5 Å².